The fourth-order valence-corrected chi connectivity index (χ4v) is 4.28. The largest absolute Gasteiger partial charge is 0.417 e. The van der Waals surface area contributed by atoms with Crippen LogP contribution in [0.15, 0.2) is 36.8 Å². The molecule has 1 unspecified atom stereocenters. The molecule has 5 rings (SSSR count). The number of nitrogens with zero attached hydrogens (tertiary/aromatic N) is 3. The van der Waals surface area contributed by atoms with E-state index in [4.69, 9.17) is 4.74 Å². The first-order chi connectivity index (χ1) is 14.9. The van der Waals surface area contributed by atoms with Gasteiger partial charge in [-0.25, -0.2) is 4.98 Å². The summed E-state index contributed by atoms with van der Waals surface area (Å²) in [5, 5.41) is 3.33. The van der Waals surface area contributed by atoms with Crippen LogP contribution < -0.4 is 5.32 Å². The highest BCUT2D eigenvalue weighted by atomic mass is 19.4. The zero-order valence-corrected chi connectivity index (χ0v) is 16.6. The van der Waals surface area contributed by atoms with Gasteiger partial charge in [-0.3, -0.25) is 14.8 Å². The number of nitrogens with one attached hydrogen (secondary N) is 1. The lowest BCUT2D eigenvalue weighted by atomic mass is 9.86. The standard InChI is InChI=1S/C22H19F3N4O2/c1-26-21(30)16-6-14-17(9-29-16)27-7-12-10-31-20(18(12)14)19(11-2-3-11)15-5-4-13(8-28-15)22(23,24)25/h4-9,11,19-20H,2-3,10H2,1H3,(H,26,30)/t19-,20?/m0/s1. The number of aromatic nitrogens is 3. The molecule has 1 aliphatic heterocycles. The van der Waals surface area contributed by atoms with Gasteiger partial charge < -0.3 is 10.1 Å². The number of rotatable bonds is 4. The Labute approximate surface area is 175 Å². The van der Waals surface area contributed by atoms with Crippen molar-refractivity contribution in [1.82, 2.24) is 20.3 Å². The summed E-state index contributed by atoms with van der Waals surface area (Å²) in [7, 11) is 1.53. The van der Waals surface area contributed by atoms with E-state index in [1.54, 1.807) is 18.5 Å². The Kier molecular flexibility index (Phi) is 4.65. The minimum absolute atomic E-state index is 0.175. The second kappa shape index (κ2) is 7.26. The molecule has 1 aliphatic carbocycles. The molecule has 0 bridgehead atoms. The minimum Gasteiger partial charge on any atom is -0.368 e. The Bertz CT molecular complexity index is 1160. The maximum absolute atomic E-state index is 13.0. The van der Waals surface area contributed by atoms with Crippen LogP contribution in [0.1, 0.15) is 57.7 Å². The number of amides is 1. The van der Waals surface area contributed by atoms with E-state index in [0.717, 1.165) is 41.6 Å². The molecular weight excluding hydrogens is 409 g/mol. The Morgan fingerprint density at radius 2 is 1.97 bits per heavy atom. The number of carbonyl (C=O) groups is 1. The summed E-state index contributed by atoms with van der Waals surface area (Å²) in [6.45, 7) is 0.352. The molecular formula is C22H19F3N4O2. The van der Waals surface area contributed by atoms with Crippen molar-refractivity contribution in [3.63, 3.8) is 0 Å². The molecule has 0 spiro atoms. The monoisotopic (exact) mass is 428 g/mol. The van der Waals surface area contributed by atoms with Crippen LogP contribution in [0.5, 0.6) is 0 Å². The maximum Gasteiger partial charge on any atom is 0.417 e. The highest BCUT2D eigenvalue weighted by molar-refractivity contribution is 5.96. The molecule has 6 nitrogen and oxygen atoms in total. The topological polar surface area (TPSA) is 77.0 Å². The van der Waals surface area contributed by atoms with Crippen LogP contribution in [0.3, 0.4) is 0 Å². The third-order valence-corrected chi connectivity index (χ3v) is 5.95. The smallest absolute Gasteiger partial charge is 0.368 e. The van der Waals surface area contributed by atoms with Gasteiger partial charge in [-0.2, -0.15) is 13.2 Å². The Hall–Kier alpha value is -3.07. The summed E-state index contributed by atoms with van der Waals surface area (Å²) in [6.07, 6.45) is 1.31. The van der Waals surface area contributed by atoms with E-state index in [1.165, 1.54) is 13.1 Å². The third-order valence-electron chi connectivity index (χ3n) is 5.95. The predicted octanol–water partition coefficient (Wildman–Crippen LogP) is 4.17. The number of fused-ring (bicyclic) bond motifs is 3. The van der Waals surface area contributed by atoms with Gasteiger partial charge in [0.25, 0.3) is 5.91 Å². The van der Waals surface area contributed by atoms with Crippen molar-refractivity contribution in [2.75, 3.05) is 7.05 Å². The number of hydrogen-bond acceptors (Lipinski definition) is 5. The van der Waals surface area contributed by atoms with Crippen molar-refractivity contribution < 1.29 is 22.7 Å². The lowest BCUT2D eigenvalue weighted by Gasteiger charge is -2.24. The van der Waals surface area contributed by atoms with Crippen LogP contribution in [-0.2, 0) is 17.5 Å². The van der Waals surface area contributed by atoms with Gasteiger partial charge in [0.1, 0.15) is 5.69 Å². The van der Waals surface area contributed by atoms with E-state index in [9.17, 15) is 18.0 Å². The first-order valence-corrected chi connectivity index (χ1v) is 10.0. The molecule has 4 heterocycles. The summed E-state index contributed by atoms with van der Waals surface area (Å²) >= 11 is 0. The zero-order chi connectivity index (χ0) is 21.8. The maximum atomic E-state index is 13.0. The zero-order valence-electron chi connectivity index (χ0n) is 16.6. The lowest BCUT2D eigenvalue weighted by molar-refractivity contribution is -0.137. The summed E-state index contributed by atoms with van der Waals surface area (Å²) in [5.41, 5.74) is 2.54. The van der Waals surface area contributed by atoms with E-state index >= 15 is 0 Å². The van der Waals surface area contributed by atoms with E-state index < -0.39 is 11.7 Å². The molecule has 3 aromatic rings. The average molecular weight is 428 g/mol. The molecule has 1 amide bonds. The Balaban J connectivity index is 1.60. The summed E-state index contributed by atoms with van der Waals surface area (Å²) < 4.78 is 45.1. The molecule has 0 radical (unpaired) electrons. The number of pyridine rings is 3. The SMILES string of the molecule is CNC(=O)c1cc2c3c(cnc2cn1)COC3[C@H](c1ccc(C(F)(F)F)cn1)C1CC1. The van der Waals surface area contributed by atoms with Gasteiger partial charge in [0.05, 0.1) is 30.0 Å². The molecule has 2 atom stereocenters. The van der Waals surface area contributed by atoms with E-state index in [1.807, 2.05) is 0 Å². The quantitative estimate of drug-likeness (QED) is 0.675. The number of ether oxygens (including phenoxy) is 1. The molecule has 31 heavy (non-hydrogen) atoms. The van der Waals surface area contributed by atoms with Crippen LogP contribution in [0, 0.1) is 5.92 Å². The van der Waals surface area contributed by atoms with E-state index in [-0.39, 0.29) is 29.5 Å². The molecule has 3 aromatic heterocycles. The fourth-order valence-electron chi connectivity index (χ4n) is 4.28. The average Bonchev–Trinajstić information content (AvgIpc) is 3.51. The molecule has 1 saturated carbocycles. The van der Waals surface area contributed by atoms with Gasteiger partial charge in [0.2, 0.25) is 0 Å². The Morgan fingerprint density at radius 3 is 2.61 bits per heavy atom. The van der Waals surface area contributed by atoms with Crippen molar-refractivity contribution in [3.8, 4) is 0 Å². The van der Waals surface area contributed by atoms with Crippen molar-refractivity contribution in [1.29, 1.82) is 0 Å². The molecule has 2 aliphatic rings. The normalized spacial score (nSPS) is 19.3. The number of alkyl halides is 3. The van der Waals surface area contributed by atoms with Gasteiger partial charge >= 0.3 is 6.18 Å². The van der Waals surface area contributed by atoms with Crippen LogP contribution in [-0.4, -0.2) is 27.9 Å². The summed E-state index contributed by atoms with van der Waals surface area (Å²) in [6, 6.07) is 4.23. The molecule has 160 valence electrons. The number of halogens is 3. The number of carbonyl (C=O) groups excluding carboxylic acids is 1. The first-order valence-electron chi connectivity index (χ1n) is 10.0. The summed E-state index contributed by atoms with van der Waals surface area (Å²) in [5.74, 6) is -0.201. The van der Waals surface area contributed by atoms with Crippen LogP contribution in [0.4, 0.5) is 13.2 Å². The molecule has 0 aromatic carbocycles. The molecule has 0 saturated heterocycles. The molecule has 9 heteroatoms. The van der Waals surface area contributed by atoms with Gasteiger partial charge in [-0.05, 0) is 42.5 Å². The van der Waals surface area contributed by atoms with E-state index in [0.29, 0.717) is 17.8 Å². The fraction of sp³-hybridized carbons (Fsp3) is 0.364. The minimum atomic E-state index is -4.43. The van der Waals surface area contributed by atoms with Crippen LogP contribution in [0.2, 0.25) is 0 Å². The number of hydrogen-bond donors (Lipinski definition) is 1. The van der Waals surface area contributed by atoms with Crippen molar-refractivity contribution in [2.45, 2.75) is 37.6 Å². The third kappa shape index (κ3) is 3.52. The second-order valence-electron chi connectivity index (χ2n) is 7.93. The second-order valence-corrected chi connectivity index (χ2v) is 7.93. The lowest BCUT2D eigenvalue weighted by Crippen LogP contribution is -2.19. The van der Waals surface area contributed by atoms with Gasteiger partial charge in [0, 0.05) is 42.0 Å². The van der Waals surface area contributed by atoms with Crippen molar-refractivity contribution in [3.05, 3.63) is 64.9 Å². The molecule has 1 N–H and O–H groups in total. The van der Waals surface area contributed by atoms with Crippen LogP contribution >= 0.6 is 0 Å². The van der Waals surface area contributed by atoms with Crippen molar-refractivity contribution >= 4 is 16.8 Å². The van der Waals surface area contributed by atoms with Gasteiger partial charge in [-0.15, -0.1) is 0 Å². The van der Waals surface area contributed by atoms with Crippen molar-refractivity contribution in [2.24, 2.45) is 5.92 Å². The van der Waals surface area contributed by atoms with E-state index in [2.05, 4.69) is 20.3 Å². The highest BCUT2D eigenvalue weighted by Gasteiger charge is 2.43. The molecule has 1 fully saturated rings. The highest BCUT2D eigenvalue weighted by Crippen LogP contribution is 2.53. The predicted molar refractivity (Wildman–Crippen MR) is 105 cm³/mol. The summed E-state index contributed by atoms with van der Waals surface area (Å²) in [4.78, 5) is 24.9. The van der Waals surface area contributed by atoms with Gasteiger partial charge in [-0.1, -0.05) is 0 Å². The van der Waals surface area contributed by atoms with Gasteiger partial charge in [0.15, 0.2) is 0 Å². The Morgan fingerprint density at radius 1 is 1.16 bits per heavy atom. The van der Waals surface area contributed by atoms with Crippen LogP contribution in [0.25, 0.3) is 10.9 Å². The first kappa shape index (κ1) is 19.9.